The van der Waals surface area contributed by atoms with Gasteiger partial charge in [0.05, 0.1) is 12.4 Å². The van der Waals surface area contributed by atoms with E-state index in [2.05, 4.69) is 15.6 Å². The molecule has 0 radical (unpaired) electrons. The number of guanidine groups is 1. The smallest absolute Gasteiger partial charge is 0.191 e. The van der Waals surface area contributed by atoms with E-state index in [1.165, 1.54) is 6.26 Å². The molecule has 8 heteroatoms. The van der Waals surface area contributed by atoms with E-state index in [0.29, 0.717) is 25.5 Å². The highest BCUT2D eigenvalue weighted by molar-refractivity contribution is 14.0. The van der Waals surface area contributed by atoms with Gasteiger partial charge in [0.25, 0.3) is 0 Å². The van der Waals surface area contributed by atoms with Gasteiger partial charge in [-0.2, -0.15) is 0 Å². The molecule has 1 unspecified atom stereocenters. The van der Waals surface area contributed by atoms with Crippen molar-refractivity contribution in [3.8, 4) is 5.75 Å². The van der Waals surface area contributed by atoms with Crippen LogP contribution < -0.4 is 15.4 Å². The van der Waals surface area contributed by atoms with Gasteiger partial charge in [-0.05, 0) is 26.3 Å². The van der Waals surface area contributed by atoms with E-state index in [9.17, 15) is 8.42 Å². The molecule has 0 aromatic heterocycles. The Kier molecular flexibility index (Phi) is 11.0. The van der Waals surface area contributed by atoms with Crippen molar-refractivity contribution >= 4 is 39.8 Å². The van der Waals surface area contributed by atoms with Crippen LogP contribution in [0, 0.1) is 0 Å². The third kappa shape index (κ3) is 9.31. The van der Waals surface area contributed by atoms with Crippen LogP contribution in [0.2, 0.25) is 0 Å². The van der Waals surface area contributed by atoms with Gasteiger partial charge < -0.3 is 15.4 Å². The molecule has 138 valence electrons. The van der Waals surface area contributed by atoms with Crippen molar-refractivity contribution in [3.63, 3.8) is 0 Å². The first-order chi connectivity index (χ1) is 10.9. The Balaban J connectivity index is 0.00000529. The van der Waals surface area contributed by atoms with Crippen LogP contribution in [0.3, 0.4) is 0 Å². The fourth-order valence-electron chi connectivity index (χ4n) is 2.02. The number of sulfone groups is 1. The van der Waals surface area contributed by atoms with Crippen LogP contribution in [0.25, 0.3) is 0 Å². The molecule has 0 spiro atoms. The lowest BCUT2D eigenvalue weighted by atomic mass is 10.2. The predicted octanol–water partition coefficient (Wildman–Crippen LogP) is 2.19. The number of nitrogens with one attached hydrogen (secondary N) is 2. The fraction of sp³-hybridized carbons (Fsp3) is 0.562. The Bertz CT molecular complexity index is 621. The van der Waals surface area contributed by atoms with Gasteiger partial charge in [-0.3, -0.25) is 4.99 Å². The summed E-state index contributed by atoms with van der Waals surface area (Å²) in [6.45, 7) is 5.08. The normalized spacial score (nSPS) is 12.9. The minimum atomic E-state index is -2.95. The summed E-state index contributed by atoms with van der Waals surface area (Å²) in [6.07, 6.45) is 1.78. The van der Waals surface area contributed by atoms with Crippen molar-refractivity contribution in [2.45, 2.75) is 32.9 Å². The van der Waals surface area contributed by atoms with Gasteiger partial charge >= 0.3 is 0 Å². The zero-order valence-electron chi connectivity index (χ0n) is 14.7. The van der Waals surface area contributed by atoms with Gasteiger partial charge in [0.1, 0.15) is 15.6 Å². The lowest BCUT2D eigenvalue weighted by Crippen LogP contribution is -2.42. The zero-order valence-corrected chi connectivity index (χ0v) is 17.9. The minimum Gasteiger partial charge on any atom is -0.494 e. The lowest BCUT2D eigenvalue weighted by molar-refractivity contribution is 0.336. The predicted molar refractivity (Wildman–Crippen MR) is 110 cm³/mol. The third-order valence-electron chi connectivity index (χ3n) is 3.25. The van der Waals surface area contributed by atoms with Crippen molar-refractivity contribution in [2.24, 2.45) is 4.99 Å². The van der Waals surface area contributed by atoms with E-state index in [-0.39, 0.29) is 35.8 Å². The van der Waals surface area contributed by atoms with E-state index < -0.39 is 9.84 Å². The van der Waals surface area contributed by atoms with E-state index >= 15 is 0 Å². The summed E-state index contributed by atoms with van der Waals surface area (Å²) >= 11 is 0. The van der Waals surface area contributed by atoms with Gasteiger partial charge in [-0.1, -0.05) is 18.2 Å². The van der Waals surface area contributed by atoms with Gasteiger partial charge in [0.15, 0.2) is 5.96 Å². The van der Waals surface area contributed by atoms with Crippen LogP contribution in [0.5, 0.6) is 5.75 Å². The average molecular weight is 469 g/mol. The minimum absolute atomic E-state index is 0. The molecule has 0 saturated heterocycles. The van der Waals surface area contributed by atoms with Crippen LogP contribution in [0.1, 0.15) is 25.8 Å². The number of benzene rings is 1. The Morgan fingerprint density at radius 3 is 2.58 bits per heavy atom. The second-order valence-electron chi connectivity index (χ2n) is 5.43. The number of aliphatic imine (C=N–C) groups is 1. The molecule has 6 nitrogen and oxygen atoms in total. The Labute approximate surface area is 162 Å². The number of halogens is 1. The van der Waals surface area contributed by atoms with Crippen LogP contribution in [-0.2, 0) is 16.4 Å². The number of ether oxygens (including phenoxy) is 1. The molecule has 1 aromatic carbocycles. The molecule has 1 atom stereocenters. The number of rotatable bonds is 8. The summed E-state index contributed by atoms with van der Waals surface area (Å²) in [5, 5.41) is 6.42. The maximum Gasteiger partial charge on any atom is 0.191 e. The largest absolute Gasteiger partial charge is 0.494 e. The Hall–Kier alpha value is -1.03. The quantitative estimate of drug-likeness (QED) is 0.347. The van der Waals surface area contributed by atoms with Crippen molar-refractivity contribution < 1.29 is 13.2 Å². The first kappa shape index (κ1) is 23.0. The van der Waals surface area contributed by atoms with Crippen LogP contribution in [0.4, 0.5) is 0 Å². The van der Waals surface area contributed by atoms with E-state index in [1.807, 2.05) is 38.1 Å². The molecule has 0 amide bonds. The zero-order chi connectivity index (χ0) is 17.3. The van der Waals surface area contributed by atoms with E-state index in [1.54, 1.807) is 7.05 Å². The first-order valence-corrected chi connectivity index (χ1v) is 9.77. The standard InChI is InChI=1S/C16H27N3O3S.HI/c1-5-22-15-9-7-6-8-14(15)12-18-16(17-3)19-13(2)10-11-23(4,20)21;/h6-9,13H,5,10-12H2,1-4H3,(H2,17,18,19);1H. The van der Waals surface area contributed by atoms with Crippen molar-refractivity contribution in [1.29, 1.82) is 0 Å². The molecule has 0 fully saturated rings. The third-order valence-corrected chi connectivity index (χ3v) is 4.22. The van der Waals surface area contributed by atoms with Crippen molar-refractivity contribution in [2.75, 3.05) is 25.7 Å². The topological polar surface area (TPSA) is 79.8 Å². The second kappa shape index (κ2) is 11.5. The Morgan fingerprint density at radius 1 is 1.33 bits per heavy atom. The second-order valence-corrected chi connectivity index (χ2v) is 7.69. The van der Waals surface area contributed by atoms with E-state index in [0.717, 1.165) is 11.3 Å². The van der Waals surface area contributed by atoms with E-state index in [4.69, 9.17) is 4.74 Å². The van der Waals surface area contributed by atoms with Crippen molar-refractivity contribution in [3.05, 3.63) is 29.8 Å². The highest BCUT2D eigenvalue weighted by Crippen LogP contribution is 2.17. The molecule has 0 bridgehead atoms. The highest BCUT2D eigenvalue weighted by atomic mass is 127. The summed E-state index contributed by atoms with van der Waals surface area (Å²) < 4.78 is 28.0. The molecule has 0 aliphatic carbocycles. The molecule has 0 heterocycles. The van der Waals surface area contributed by atoms with Gasteiger partial charge in [0, 0.05) is 31.5 Å². The van der Waals surface area contributed by atoms with Gasteiger partial charge in [0.2, 0.25) is 0 Å². The molecule has 24 heavy (non-hydrogen) atoms. The summed E-state index contributed by atoms with van der Waals surface area (Å²) in [5.74, 6) is 1.64. The molecule has 2 N–H and O–H groups in total. The molecule has 1 aromatic rings. The first-order valence-electron chi connectivity index (χ1n) is 7.71. The van der Waals surface area contributed by atoms with Gasteiger partial charge in [-0.15, -0.1) is 24.0 Å². The summed E-state index contributed by atoms with van der Waals surface area (Å²) in [4.78, 5) is 4.17. The maximum absolute atomic E-state index is 11.2. The molecular weight excluding hydrogens is 441 g/mol. The number of hydrogen-bond donors (Lipinski definition) is 2. The Morgan fingerprint density at radius 2 is 2.00 bits per heavy atom. The molecule has 1 rings (SSSR count). The summed E-state index contributed by atoms with van der Waals surface area (Å²) in [5.41, 5.74) is 1.04. The SMILES string of the molecule is CCOc1ccccc1CNC(=NC)NC(C)CCS(C)(=O)=O.I. The fourth-order valence-corrected chi connectivity index (χ4v) is 2.80. The molecule has 0 aliphatic heterocycles. The summed E-state index contributed by atoms with van der Waals surface area (Å²) in [6, 6.07) is 7.85. The molecule has 0 saturated carbocycles. The monoisotopic (exact) mass is 469 g/mol. The number of hydrogen-bond acceptors (Lipinski definition) is 4. The number of nitrogens with zero attached hydrogens (tertiary/aromatic N) is 1. The lowest BCUT2D eigenvalue weighted by Gasteiger charge is -2.18. The summed E-state index contributed by atoms with van der Waals surface area (Å²) in [7, 11) is -1.26. The average Bonchev–Trinajstić information content (AvgIpc) is 2.50. The van der Waals surface area contributed by atoms with Crippen LogP contribution in [0.15, 0.2) is 29.3 Å². The highest BCUT2D eigenvalue weighted by Gasteiger charge is 2.10. The molecule has 0 aliphatic rings. The van der Waals surface area contributed by atoms with Crippen LogP contribution in [-0.4, -0.2) is 46.1 Å². The van der Waals surface area contributed by atoms with Crippen molar-refractivity contribution in [1.82, 2.24) is 10.6 Å². The number of para-hydroxylation sites is 1. The maximum atomic E-state index is 11.2. The van der Waals surface area contributed by atoms with Crippen LogP contribution >= 0.6 is 24.0 Å². The van der Waals surface area contributed by atoms with Gasteiger partial charge in [-0.25, -0.2) is 8.42 Å². The molecular formula is C16H28IN3O3S.